The third-order valence-corrected chi connectivity index (χ3v) is 10.5. The van der Waals surface area contributed by atoms with Crippen LogP contribution in [0.5, 0.6) is 0 Å². The maximum absolute atomic E-state index is 12.6. The Bertz CT molecular complexity index is 2490. The Hall–Kier alpha value is -6.61. The van der Waals surface area contributed by atoms with E-state index in [1.165, 1.54) is 4.57 Å². The molecule has 2 saturated heterocycles. The number of aromatic nitrogens is 4. The average molecular weight is 795 g/mol. The zero-order valence-electron chi connectivity index (χ0n) is 34.2. The highest BCUT2D eigenvalue weighted by atomic mass is 16.6. The molecule has 0 aliphatic carbocycles. The van der Waals surface area contributed by atoms with E-state index in [1.807, 2.05) is 93.7 Å². The van der Waals surface area contributed by atoms with Crippen LogP contribution < -0.4 is 20.4 Å². The van der Waals surface area contributed by atoms with Gasteiger partial charge in [0.2, 0.25) is 0 Å². The van der Waals surface area contributed by atoms with Gasteiger partial charge in [-0.15, -0.1) is 0 Å². The summed E-state index contributed by atoms with van der Waals surface area (Å²) in [7, 11) is 3.52. The van der Waals surface area contributed by atoms with E-state index >= 15 is 0 Å². The monoisotopic (exact) mass is 794 g/mol. The minimum atomic E-state index is -0.584. The molecule has 0 radical (unpaired) electrons. The van der Waals surface area contributed by atoms with Crippen molar-refractivity contribution in [3.8, 4) is 12.1 Å². The number of pyridine rings is 2. The molecule has 2 fully saturated rings. The number of anilines is 6. The number of hydrogen-bond acceptors (Lipinski definition) is 12. The normalized spacial score (nSPS) is 15.0. The van der Waals surface area contributed by atoms with Crippen molar-refractivity contribution >= 4 is 62.3 Å². The molecule has 6 heterocycles. The molecule has 2 aliphatic rings. The minimum Gasteiger partial charge on any atom is -0.443 e. The molecule has 304 valence electrons. The maximum Gasteiger partial charge on any atom is 0.418 e. The number of nitrogens with one attached hydrogen (secondary N) is 3. The van der Waals surface area contributed by atoms with Crippen molar-refractivity contribution < 1.29 is 19.0 Å². The molecule has 8 rings (SSSR count). The summed E-state index contributed by atoms with van der Waals surface area (Å²) in [6.45, 7) is 9.08. The summed E-state index contributed by atoms with van der Waals surface area (Å²) in [6.07, 6.45) is 7.69. The first-order chi connectivity index (χ1) is 28.5. The standard InChI is InChI=1S/C25H29N5O3.C20H21N5O/c1-25(2,3)33-24(31)30-12-7-17-5-6-18(14-22(17)30)27-23-15-20(13-19(16-26)28-23)29-10-8-21(32-4)9-11-29;1-26-18-5-8-25(9-6-18)17-10-16(13-21)24-20(12-17)23-15-3-2-14-4-7-22-19(14)11-15/h5-7,12-15,21H,8-11H2,1-4H3,(H,27,28);2-4,7,10-12,18,22H,5-6,8-9H2,1H3,(H,23,24). The summed E-state index contributed by atoms with van der Waals surface area (Å²) >= 11 is 0. The van der Waals surface area contributed by atoms with Gasteiger partial charge in [0.05, 0.1) is 17.7 Å². The highest BCUT2D eigenvalue weighted by Gasteiger charge is 2.22. The number of hydrogen-bond donors (Lipinski definition) is 3. The average Bonchev–Trinajstić information content (AvgIpc) is 3.90. The van der Waals surface area contributed by atoms with Crippen LogP contribution in [0.3, 0.4) is 0 Å². The molecular weight excluding hydrogens is 745 g/mol. The van der Waals surface area contributed by atoms with Gasteiger partial charge < -0.3 is 39.6 Å². The highest BCUT2D eigenvalue weighted by molar-refractivity contribution is 5.92. The second-order valence-electron chi connectivity index (χ2n) is 15.7. The lowest BCUT2D eigenvalue weighted by Gasteiger charge is -2.33. The van der Waals surface area contributed by atoms with Crippen LogP contribution in [-0.2, 0) is 14.2 Å². The Morgan fingerprint density at radius 2 is 1.25 bits per heavy atom. The van der Waals surface area contributed by atoms with E-state index in [0.29, 0.717) is 29.1 Å². The van der Waals surface area contributed by atoms with E-state index in [9.17, 15) is 15.3 Å². The Morgan fingerprint density at radius 3 is 1.76 bits per heavy atom. The number of rotatable bonds is 8. The number of benzene rings is 2. The van der Waals surface area contributed by atoms with Crippen molar-refractivity contribution in [2.45, 2.75) is 64.3 Å². The zero-order valence-corrected chi connectivity index (χ0v) is 34.2. The summed E-state index contributed by atoms with van der Waals surface area (Å²) in [5.41, 5.74) is 5.65. The molecule has 14 heteroatoms. The summed E-state index contributed by atoms with van der Waals surface area (Å²) in [4.78, 5) is 29.2. The molecule has 2 aliphatic heterocycles. The molecule has 0 unspecified atom stereocenters. The van der Waals surface area contributed by atoms with E-state index in [1.54, 1.807) is 20.4 Å². The molecule has 2 aromatic carbocycles. The molecular formula is C45H50N10O4. The molecule has 3 N–H and O–H groups in total. The minimum absolute atomic E-state index is 0.282. The predicted octanol–water partition coefficient (Wildman–Crippen LogP) is 8.84. The van der Waals surface area contributed by atoms with Gasteiger partial charge in [-0.2, -0.15) is 10.5 Å². The van der Waals surface area contributed by atoms with Gasteiger partial charge in [0.25, 0.3) is 0 Å². The van der Waals surface area contributed by atoms with E-state index in [4.69, 9.17) is 14.2 Å². The van der Waals surface area contributed by atoms with Gasteiger partial charge in [-0.05, 0) is 100 Å². The first-order valence-electron chi connectivity index (χ1n) is 19.9. The van der Waals surface area contributed by atoms with Gasteiger partial charge in [0.1, 0.15) is 40.8 Å². The number of nitriles is 2. The van der Waals surface area contributed by atoms with Crippen LogP contribution in [0.2, 0.25) is 0 Å². The number of piperidine rings is 2. The first-order valence-corrected chi connectivity index (χ1v) is 19.9. The van der Waals surface area contributed by atoms with Crippen molar-refractivity contribution in [3.63, 3.8) is 0 Å². The van der Waals surface area contributed by atoms with Crippen molar-refractivity contribution in [2.24, 2.45) is 0 Å². The third kappa shape index (κ3) is 10.1. The number of aromatic amines is 1. The summed E-state index contributed by atoms with van der Waals surface area (Å²) in [6, 6.07) is 27.7. The van der Waals surface area contributed by atoms with Crippen LogP contribution in [0.1, 0.15) is 57.8 Å². The molecule has 4 aromatic heterocycles. The number of methoxy groups -OCH3 is 2. The first kappa shape index (κ1) is 40.6. The number of nitrogens with zero attached hydrogens (tertiary/aromatic N) is 7. The van der Waals surface area contributed by atoms with Crippen molar-refractivity contribution in [3.05, 3.63) is 96.6 Å². The van der Waals surface area contributed by atoms with Crippen LogP contribution in [0, 0.1) is 22.7 Å². The molecule has 6 aromatic rings. The van der Waals surface area contributed by atoms with Gasteiger partial charge in [-0.25, -0.2) is 14.8 Å². The van der Waals surface area contributed by atoms with E-state index < -0.39 is 11.7 Å². The van der Waals surface area contributed by atoms with Crippen LogP contribution in [0.15, 0.2) is 85.2 Å². The van der Waals surface area contributed by atoms with Gasteiger partial charge in [0.15, 0.2) is 0 Å². The summed E-state index contributed by atoms with van der Waals surface area (Å²) in [5.74, 6) is 1.26. The Kier molecular flexibility index (Phi) is 12.3. The van der Waals surface area contributed by atoms with Gasteiger partial charge in [0, 0.05) is 98.6 Å². The molecule has 14 nitrogen and oxygen atoms in total. The summed E-state index contributed by atoms with van der Waals surface area (Å²) < 4.78 is 17.9. The Balaban J connectivity index is 0.000000184. The van der Waals surface area contributed by atoms with Gasteiger partial charge in [-0.1, -0.05) is 12.1 Å². The molecule has 59 heavy (non-hydrogen) atoms. The SMILES string of the molecule is COC1CCN(c2cc(C#N)nc(Nc3ccc4cc[nH]c4c3)c2)CC1.COC1CCN(c2cc(C#N)nc(Nc3ccc4ccn(C(=O)OC(C)(C)C)c4c3)c2)CC1. The predicted molar refractivity (Wildman–Crippen MR) is 231 cm³/mol. The highest BCUT2D eigenvalue weighted by Crippen LogP contribution is 2.30. The quantitative estimate of drug-likeness (QED) is 0.134. The van der Waals surface area contributed by atoms with Crippen LogP contribution in [0.4, 0.5) is 39.2 Å². The topological polar surface area (TPSA) is 169 Å². The molecule has 0 amide bonds. The largest absolute Gasteiger partial charge is 0.443 e. The second-order valence-corrected chi connectivity index (χ2v) is 15.7. The van der Waals surface area contributed by atoms with Crippen LogP contribution >= 0.6 is 0 Å². The lowest BCUT2D eigenvalue weighted by Crippen LogP contribution is -2.36. The Labute approximate surface area is 344 Å². The smallest absolute Gasteiger partial charge is 0.418 e. The van der Waals surface area contributed by atoms with E-state index in [0.717, 1.165) is 96.4 Å². The van der Waals surface area contributed by atoms with Crippen molar-refractivity contribution in [1.29, 1.82) is 10.5 Å². The third-order valence-electron chi connectivity index (χ3n) is 10.5. The lowest BCUT2D eigenvalue weighted by molar-refractivity contribution is 0.0544. The molecule has 0 atom stereocenters. The number of H-pyrrole nitrogens is 1. The van der Waals surface area contributed by atoms with Crippen molar-refractivity contribution in [2.75, 3.05) is 60.8 Å². The second kappa shape index (κ2) is 17.9. The van der Waals surface area contributed by atoms with Crippen LogP contribution in [0.25, 0.3) is 21.8 Å². The number of carbonyl (C=O) groups excluding carboxylic acids is 1. The molecule has 0 saturated carbocycles. The fourth-order valence-electron chi connectivity index (χ4n) is 7.44. The van der Waals surface area contributed by atoms with Gasteiger partial charge in [-0.3, -0.25) is 4.57 Å². The number of fused-ring (bicyclic) bond motifs is 2. The lowest BCUT2D eigenvalue weighted by atomic mass is 10.1. The molecule has 0 bridgehead atoms. The maximum atomic E-state index is 12.6. The number of carbonyl (C=O) groups is 1. The summed E-state index contributed by atoms with van der Waals surface area (Å²) in [5, 5.41) is 27.6. The molecule has 0 spiro atoms. The van der Waals surface area contributed by atoms with E-state index in [2.05, 4.69) is 53.6 Å². The Morgan fingerprint density at radius 1 is 0.729 bits per heavy atom. The van der Waals surface area contributed by atoms with Crippen LogP contribution in [-0.4, -0.2) is 83.8 Å². The van der Waals surface area contributed by atoms with Crippen molar-refractivity contribution in [1.82, 2.24) is 19.5 Å². The zero-order chi connectivity index (χ0) is 41.5. The van der Waals surface area contributed by atoms with Gasteiger partial charge >= 0.3 is 6.09 Å². The fraction of sp³-hybridized carbons (Fsp3) is 0.356. The fourth-order valence-corrected chi connectivity index (χ4v) is 7.44. The van der Waals surface area contributed by atoms with E-state index in [-0.39, 0.29) is 6.10 Å². The number of ether oxygens (including phenoxy) is 3.